The summed E-state index contributed by atoms with van der Waals surface area (Å²) in [4.78, 5) is 16.0. The Morgan fingerprint density at radius 3 is 2.63 bits per heavy atom. The molecule has 0 fully saturated rings. The normalized spacial score (nSPS) is 10.1. The van der Waals surface area contributed by atoms with Gasteiger partial charge in [0.05, 0.1) is 26.0 Å². The van der Waals surface area contributed by atoms with E-state index in [1.165, 1.54) is 20.4 Å². The molecule has 0 aliphatic carbocycles. The summed E-state index contributed by atoms with van der Waals surface area (Å²) in [6, 6.07) is 6.07. The van der Waals surface area contributed by atoms with Gasteiger partial charge in [-0.15, -0.1) is 0 Å². The van der Waals surface area contributed by atoms with Crippen LogP contribution in [0.5, 0.6) is 11.5 Å². The summed E-state index contributed by atoms with van der Waals surface area (Å²) in [7, 11) is 2.92. The smallest absolute Gasteiger partial charge is 0.198 e. The fourth-order valence-corrected chi connectivity index (χ4v) is 1.76. The predicted molar refractivity (Wildman–Crippen MR) is 67.2 cm³/mol. The van der Waals surface area contributed by atoms with E-state index >= 15 is 0 Å². The van der Waals surface area contributed by atoms with E-state index in [4.69, 9.17) is 9.47 Å². The third-order valence-electron chi connectivity index (χ3n) is 2.61. The molecule has 19 heavy (non-hydrogen) atoms. The van der Waals surface area contributed by atoms with Gasteiger partial charge in [0, 0.05) is 11.8 Å². The van der Waals surface area contributed by atoms with Crippen molar-refractivity contribution in [3.8, 4) is 11.5 Å². The molecule has 0 amide bonds. The molecular weight excluding hydrogens is 249 g/mol. The number of carbonyl (C=O) groups excluding carboxylic acids is 1. The molecular formula is C14H12FNO3. The minimum atomic E-state index is -0.562. The van der Waals surface area contributed by atoms with E-state index in [1.54, 1.807) is 18.2 Å². The average molecular weight is 261 g/mol. The Morgan fingerprint density at radius 1 is 1.21 bits per heavy atom. The molecule has 5 heteroatoms. The van der Waals surface area contributed by atoms with Crippen molar-refractivity contribution in [1.29, 1.82) is 0 Å². The summed E-state index contributed by atoms with van der Waals surface area (Å²) in [5.74, 6) is -0.174. The maximum atomic E-state index is 13.1. The number of hydrogen-bond donors (Lipinski definition) is 0. The summed E-state index contributed by atoms with van der Waals surface area (Å²) < 4.78 is 23.4. The molecule has 1 aromatic heterocycles. The number of rotatable bonds is 4. The first-order valence-electron chi connectivity index (χ1n) is 5.53. The summed E-state index contributed by atoms with van der Waals surface area (Å²) in [6.07, 6.45) is 2.35. The summed E-state index contributed by atoms with van der Waals surface area (Å²) in [5.41, 5.74) is 0.459. The van der Waals surface area contributed by atoms with Gasteiger partial charge >= 0.3 is 0 Å². The first-order chi connectivity index (χ1) is 9.17. The third kappa shape index (κ3) is 2.54. The van der Waals surface area contributed by atoms with Crippen LogP contribution in [-0.2, 0) is 0 Å². The van der Waals surface area contributed by atoms with Crippen LogP contribution in [0.15, 0.2) is 36.7 Å². The number of ketones is 1. The molecule has 0 bridgehead atoms. The molecule has 4 nitrogen and oxygen atoms in total. The van der Waals surface area contributed by atoms with Crippen LogP contribution in [0.1, 0.15) is 15.9 Å². The van der Waals surface area contributed by atoms with E-state index in [2.05, 4.69) is 4.98 Å². The molecule has 1 heterocycles. The Kier molecular flexibility index (Phi) is 3.75. The number of hydrogen-bond acceptors (Lipinski definition) is 4. The second kappa shape index (κ2) is 5.48. The molecule has 0 saturated carbocycles. The number of ether oxygens (including phenoxy) is 2. The Hall–Kier alpha value is -2.43. The van der Waals surface area contributed by atoms with Gasteiger partial charge in [-0.1, -0.05) is 6.07 Å². The van der Waals surface area contributed by atoms with E-state index in [1.807, 2.05) is 0 Å². The van der Waals surface area contributed by atoms with Crippen molar-refractivity contribution < 1.29 is 18.7 Å². The zero-order chi connectivity index (χ0) is 13.8. The highest BCUT2D eigenvalue weighted by molar-refractivity contribution is 6.11. The van der Waals surface area contributed by atoms with Gasteiger partial charge in [0.15, 0.2) is 17.3 Å². The molecule has 0 saturated heterocycles. The van der Waals surface area contributed by atoms with Crippen LogP contribution in [0.4, 0.5) is 4.39 Å². The predicted octanol–water partition coefficient (Wildman–Crippen LogP) is 2.47. The van der Waals surface area contributed by atoms with Crippen LogP contribution in [-0.4, -0.2) is 25.0 Å². The third-order valence-corrected chi connectivity index (χ3v) is 2.61. The Labute approximate surface area is 109 Å². The minimum absolute atomic E-state index is 0.159. The number of nitrogens with zero attached hydrogens (tertiary/aromatic N) is 1. The Morgan fingerprint density at radius 2 is 2.00 bits per heavy atom. The molecule has 0 N–H and O–H groups in total. The number of methoxy groups -OCH3 is 2. The number of halogens is 1. The summed E-state index contributed by atoms with van der Waals surface area (Å²) in [6.45, 7) is 0. The minimum Gasteiger partial charge on any atom is -0.493 e. The topological polar surface area (TPSA) is 48.4 Å². The summed E-state index contributed by atoms with van der Waals surface area (Å²) >= 11 is 0. The highest BCUT2D eigenvalue weighted by Gasteiger charge is 2.18. The zero-order valence-electron chi connectivity index (χ0n) is 10.5. The standard InChI is InChI=1S/C14H12FNO3/c1-18-12-5-3-4-11(14(12)19-2)13(17)9-6-10(15)8-16-7-9/h3-8H,1-2H3. The van der Waals surface area contributed by atoms with E-state index in [0.29, 0.717) is 17.1 Å². The molecule has 2 aromatic rings. The second-order valence-corrected chi connectivity index (χ2v) is 3.76. The van der Waals surface area contributed by atoms with Crippen LogP contribution in [0.2, 0.25) is 0 Å². The van der Waals surface area contributed by atoms with Crippen LogP contribution < -0.4 is 9.47 Å². The monoisotopic (exact) mass is 261 g/mol. The number of para-hydroxylation sites is 1. The molecule has 0 atom stereocenters. The number of benzene rings is 1. The molecule has 0 spiro atoms. The van der Waals surface area contributed by atoms with Gasteiger partial charge in [0.25, 0.3) is 0 Å². The maximum Gasteiger partial charge on any atom is 0.198 e. The van der Waals surface area contributed by atoms with Gasteiger partial charge in [-0.25, -0.2) is 4.39 Å². The molecule has 2 rings (SSSR count). The van der Waals surface area contributed by atoms with Gasteiger partial charge < -0.3 is 9.47 Å². The van der Waals surface area contributed by atoms with Crippen molar-refractivity contribution in [3.05, 3.63) is 53.6 Å². The highest BCUT2D eigenvalue weighted by atomic mass is 19.1. The summed E-state index contributed by atoms with van der Waals surface area (Å²) in [5, 5.41) is 0. The van der Waals surface area contributed by atoms with Crippen LogP contribution in [0.25, 0.3) is 0 Å². The van der Waals surface area contributed by atoms with E-state index in [-0.39, 0.29) is 11.3 Å². The van der Waals surface area contributed by atoms with Crippen LogP contribution in [0, 0.1) is 5.82 Å². The quantitative estimate of drug-likeness (QED) is 0.793. The number of aromatic nitrogens is 1. The molecule has 0 aliphatic rings. The van der Waals surface area contributed by atoms with Gasteiger partial charge in [-0.3, -0.25) is 9.78 Å². The van der Waals surface area contributed by atoms with Crippen molar-refractivity contribution in [2.24, 2.45) is 0 Å². The maximum absolute atomic E-state index is 13.1. The fourth-order valence-electron chi connectivity index (χ4n) is 1.76. The number of pyridine rings is 1. The fraction of sp³-hybridized carbons (Fsp3) is 0.143. The van der Waals surface area contributed by atoms with E-state index < -0.39 is 5.82 Å². The largest absolute Gasteiger partial charge is 0.493 e. The van der Waals surface area contributed by atoms with Crippen molar-refractivity contribution in [2.45, 2.75) is 0 Å². The lowest BCUT2D eigenvalue weighted by Crippen LogP contribution is -2.06. The second-order valence-electron chi connectivity index (χ2n) is 3.76. The SMILES string of the molecule is COc1cccc(C(=O)c2cncc(F)c2)c1OC. The zero-order valence-corrected chi connectivity index (χ0v) is 10.5. The number of carbonyl (C=O) groups is 1. The Bertz CT molecular complexity index is 613. The van der Waals surface area contributed by atoms with Crippen molar-refractivity contribution in [2.75, 3.05) is 14.2 Å². The molecule has 0 radical (unpaired) electrons. The highest BCUT2D eigenvalue weighted by Crippen LogP contribution is 2.32. The van der Waals surface area contributed by atoms with Crippen molar-refractivity contribution >= 4 is 5.78 Å². The molecule has 98 valence electrons. The lowest BCUT2D eigenvalue weighted by Gasteiger charge is -2.11. The van der Waals surface area contributed by atoms with Gasteiger partial charge in [-0.05, 0) is 18.2 Å². The molecule has 0 unspecified atom stereocenters. The van der Waals surface area contributed by atoms with Crippen LogP contribution in [0.3, 0.4) is 0 Å². The lowest BCUT2D eigenvalue weighted by atomic mass is 10.0. The molecule has 0 aliphatic heterocycles. The van der Waals surface area contributed by atoms with Crippen molar-refractivity contribution in [1.82, 2.24) is 4.98 Å². The van der Waals surface area contributed by atoms with E-state index in [9.17, 15) is 9.18 Å². The molecule has 1 aromatic carbocycles. The van der Waals surface area contributed by atoms with Crippen molar-refractivity contribution in [3.63, 3.8) is 0 Å². The first kappa shape index (κ1) is 13.0. The van der Waals surface area contributed by atoms with Crippen LogP contribution >= 0.6 is 0 Å². The average Bonchev–Trinajstić information content (AvgIpc) is 2.45. The Balaban J connectivity index is 2.50. The lowest BCUT2D eigenvalue weighted by molar-refractivity contribution is 0.103. The van der Waals surface area contributed by atoms with E-state index in [0.717, 1.165) is 12.3 Å². The first-order valence-corrected chi connectivity index (χ1v) is 5.53. The van der Waals surface area contributed by atoms with Gasteiger partial charge in [0.2, 0.25) is 0 Å². The van der Waals surface area contributed by atoms with Gasteiger partial charge in [-0.2, -0.15) is 0 Å². The van der Waals surface area contributed by atoms with Gasteiger partial charge in [0.1, 0.15) is 5.82 Å².